The summed E-state index contributed by atoms with van der Waals surface area (Å²) in [6.45, 7) is -0.909. The highest BCUT2D eigenvalue weighted by atomic mass is 19.3. The van der Waals surface area contributed by atoms with Crippen LogP contribution in [-0.4, -0.2) is 35.8 Å². The molecule has 1 aromatic carbocycles. The molecule has 17 heavy (non-hydrogen) atoms. The molecule has 0 bridgehead atoms. The van der Waals surface area contributed by atoms with E-state index in [-0.39, 0.29) is 11.9 Å². The van der Waals surface area contributed by atoms with E-state index in [1.54, 1.807) is 18.2 Å². The van der Waals surface area contributed by atoms with Crippen molar-refractivity contribution >= 4 is 0 Å². The highest BCUT2D eigenvalue weighted by Crippen LogP contribution is 2.23. The average molecular weight is 243 g/mol. The van der Waals surface area contributed by atoms with Crippen molar-refractivity contribution in [3.05, 3.63) is 29.8 Å². The van der Waals surface area contributed by atoms with E-state index >= 15 is 0 Å². The number of likely N-dealkylation sites (tertiary alicyclic amines) is 1. The maximum Gasteiger partial charge on any atom is 0.387 e. The lowest BCUT2D eigenvalue weighted by Gasteiger charge is -2.17. The van der Waals surface area contributed by atoms with Crippen molar-refractivity contribution < 1.29 is 18.6 Å². The minimum absolute atomic E-state index is 0.212. The number of halogens is 2. The first-order valence-corrected chi connectivity index (χ1v) is 5.58. The number of ether oxygens (including phenoxy) is 1. The largest absolute Gasteiger partial charge is 0.434 e. The van der Waals surface area contributed by atoms with E-state index in [0.29, 0.717) is 13.1 Å². The summed E-state index contributed by atoms with van der Waals surface area (Å²) < 4.78 is 28.9. The average Bonchev–Trinajstić information content (AvgIpc) is 2.66. The Labute approximate surface area is 98.6 Å². The Kier molecular flexibility index (Phi) is 3.91. The molecule has 1 aliphatic rings. The molecule has 5 heteroatoms. The quantitative estimate of drug-likeness (QED) is 0.876. The lowest BCUT2D eigenvalue weighted by atomic mass is 10.2. The Bertz CT molecular complexity index is 373. The molecule has 0 radical (unpaired) electrons. The maximum atomic E-state index is 12.2. The molecule has 1 atom stereocenters. The predicted molar refractivity (Wildman–Crippen MR) is 59.0 cm³/mol. The molecule has 1 aliphatic heterocycles. The van der Waals surface area contributed by atoms with E-state index < -0.39 is 6.61 Å². The molecular formula is C12H15F2NO2. The van der Waals surface area contributed by atoms with Crippen molar-refractivity contribution in [1.82, 2.24) is 4.90 Å². The topological polar surface area (TPSA) is 32.7 Å². The summed E-state index contributed by atoms with van der Waals surface area (Å²) in [7, 11) is 0. The molecule has 0 spiro atoms. The molecule has 0 amide bonds. The van der Waals surface area contributed by atoms with Gasteiger partial charge in [-0.2, -0.15) is 8.78 Å². The fourth-order valence-electron chi connectivity index (χ4n) is 2.04. The molecule has 0 saturated carbocycles. The van der Waals surface area contributed by atoms with Gasteiger partial charge in [-0.05, 0) is 12.5 Å². The van der Waals surface area contributed by atoms with Gasteiger partial charge in [-0.1, -0.05) is 18.2 Å². The van der Waals surface area contributed by atoms with Gasteiger partial charge in [-0.3, -0.25) is 4.90 Å². The van der Waals surface area contributed by atoms with E-state index in [0.717, 1.165) is 18.5 Å². The molecule has 0 unspecified atom stereocenters. The molecule has 94 valence electrons. The minimum atomic E-state index is -2.81. The van der Waals surface area contributed by atoms with E-state index in [1.807, 2.05) is 4.90 Å². The number of β-amino-alcohol motifs (C(OH)–C–C–N with tert-alkyl or cyclic N) is 1. The molecular weight excluding hydrogens is 228 g/mol. The molecule has 1 aromatic rings. The molecule has 3 nitrogen and oxygen atoms in total. The third-order valence-corrected chi connectivity index (χ3v) is 2.83. The highest BCUT2D eigenvalue weighted by molar-refractivity contribution is 5.33. The van der Waals surface area contributed by atoms with Gasteiger partial charge in [0.15, 0.2) is 0 Å². The van der Waals surface area contributed by atoms with Crippen LogP contribution in [0.2, 0.25) is 0 Å². The van der Waals surface area contributed by atoms with Crippen molar-refractivity contribution in [3.63, 3.8) is 0 Å². The van der Waals surface area contributed by atoms with Crippen molar-refractivity contribution in [3.8, 4) is 5.75 Å². The van der Waals surface area contributed by atoms with Crippen LogP contribution in [0.3, 0.4) is 0 Å². The van der Waals surface area contributed by atoms with Gasteiger partial charge in [0.2, 0.25) is 0 Å². The number of aliphatic hydroxyl groups excluding tert-OH is 1. The Balaban J connectivity index is 2.04. The van der Waals surface area contributed by atoms with Crippen LogP contribution < -0.4 is 4.74 Å². The number of hydrogen-bond acceptors (Lipinski definition) is 3. The zero-order valence-electron chi connectivity index (χ0n) is 9.35. The molecule has 1 saturated heterocycles. The van der Waals surface area contributed by atoms with Gasteiger partial charge in [-0.25, -0.2) is 0 Å². The number of rotatable bonds is 4. The minimum Gasteiger partial charge on any atom is -0.434 e. The molecule has 1 fully saturated rings. The van der Waals surface area contributed by atoms with Crippen molar-refractivity contribution in [2.45, 2.75) is 25.7 Å². The second-order valence-electron chi connectivity index (χ2n) is 4.16. The fraction of sp³-hybridized carbons (Fsp3) is 0.500. The van der Waals surface area contributed by atoms with Crippen molar-refractivity contribution in [2.24, 2.45) is 0 Å². The monoisotopic (exact) mass is 243 g/mol. The first kappa shape index (κ1) is 12.3. The summed E-state index contributed by atoms with van der Waals surface area (Å²) in [4.78, 5) is 2.03. The Morgan fingerprint density at radius 1 is 1.41 bits per heavy atom. The van der Waals surface area contributed by atoms with Gasteiger partial charge in [0.25, 0.3) is 0 Å². The maximum absolute atomic E-state index is 12.2. The van der Waals surface area contributed by atoms with E-state index in [9.17, 15) is 13.9 Å². The number of para-hydroxylation sites is 1. The van der Waals surface area contributed by atoms with E-state index in [4.69, 9.17) is 0 Å². The molecule has 0 aliphatic carbocycles. The normalized spacial score (nSPS) is 21.1. The lowest BCUT2D eigenvalue weighted by molar-refractivity contribution is -0.0507. The number of hydrogen-bond donors (Lipinski definition) is 1. The number of alkyl halides is 2. The smallest absolute Gasteiger partial charge is 0.387 e. The van der Waals surface area contributed by atoms with Crippen LogP contribution in [0.5, 0.6) is 5.75 Å². The molecule has 1 heterocycles. The summed E-state index contributed by atoms with van der Waals surface area (Å²) >= 11 is 0. The van der Waals surface area contributed by atoms with Gasteiger partial charge < -0.3 is 9.84 Å². The Morgan fingerprint density at radius 3 is 2.82 bits per heavy atom. The van der Waals surface area contributed by atoms with Crippen LogP contribution in [0.25, 0.3) is 0 Å². The summed E-state index contributed by atoms with van der Waals surface area (Å²) in [5, 5.41) is 9.40. The summed E-state index contributed by atoms with van der Waals surface area (Å²) in [6.07, 6.45) is 0.427. The number of nitrogens with zero attached hydrogens (tertiary/aromatic N) is 1. The van der Waals surface area contributed by atoms with Crippen molar-refractivity contribution in [2.75, 3.05) is 13.1 Å². The lowest BCUT2D eigenvalue weighted by Crippen LogP contribution is -2.22. The predicted octanol–water partition coefficient (Wildman–Crippen LogP) is 1.85. The second-order valence-corrected chi connectivity index (χ2v) is 4.16. The Hall–Kier alpha value is -1.20. The van der Waals surface area contributed by atoms with Crippen LogP contribution >= 0.6 is 0 Å². The number of aliphatic hydroxyl groups is 1. The Morgan fingerprint density at radius 2 is 2.18 bits per heavy atom. The summed E-state index contributed by atoms with van der Waals surface area (Å²) in [5.74, 6) is 0.212. The van der Waals surface area contributed by atoms with Gasteiger partial charge in [-0.15, -0.1) is 0 Å². The SMILES string of the molecule is O[C@@H]1CCN(Cc2ccccc2OC(F)F)C1. The molecule has 1 N–H and O–H groups in total. The third kappa shape index (κ3) is 3.38. The zero-order valence-corrected chi connectivity index (χ0v) is 9.35. The summed E-state index contributed by atoms with van der Waals surface area (Å²) in [6, 6.07) is 6.76. The van der Waals surface area contributed by atoms with Crippen LogP contribution in [0.15, 0.2) is 24.3 Å². The van der Waals surface area contributed by atoms with Crippen LogP contribution in [0.1, 0.15) is 12.0 Å². The third-order valence-electron chi connectivity index (χ3n) is 2.83. The fourth-order valence-corrected chi connectivity index (χ4v) is 2.04. The van der Waals surface area contributed by atoms with Gasteiger partial charge in [0.05, 0.1) is 6.10 Å². The van der Waals surface area contributed by atoms with Gasteiger partial charge in [0.1, 0.15) is 5.75 Å². The highest BCUT2D eigenvalue weighted by Gasteiger charge is 2.21. The first-order valence-electron chi connectivity index (χ1n) is 5.58. The van der Waals surface area contributed by atoms with E-state index in [1.165, 1.54) is 6.07 Å². The molecule has 2 rings (SSSR count). The van der Waals surface area contributed by atoms with Crippen LogP contribution in [-0.2, 0) is 6.54 Å². The van der Waals surface area contributed by atoms with Gasteiger partial charge >= 0.3 is 6.61 Å². The van der Waals surface area contributed by atoms with Crippen LogP contribution in [0.4, 0.5) is 8.78 Å². The van der Waals surface area contributed by atoms with E-state index in [2.05, 4.69) is 4.74 Å². The van der Waals surface area contributed by atoms with Gasteiger partial charge in [0, 0.05) is 25.2 Å². The molecule has 0 aromatic heterocycles. The first-order chi connectivity index (χ1) is 8.15. The van der Waals surface area contributed by atoms with Crippen LogP contribution in [0, 0.1) is 0 Å². The zero-order chi connectivity index (χ0) is 12.3. The standard InChI is InChI=1S/C12H15F2NO2/c13-12(14)17-11-4-2-1-3-9(11)7-15-6-5-10(16)8-15/h1-4,10,12,16H,5-8H2/t10-/m1/s1. The second kappa shape index (κ2) is 5.42. The van der Waals surface area contributed by atoms with Crippen molar-refractivity contribution in [1.29, 1.82) is 0 Å². The number of benzene rings is 1. The summed E-state index contributed by atoms with van der Waals surface area (Å²) in [5.41, 5.74) is 0.724.